The van der Waals surface area contributed by atoms with Gasteiger partial charge >= 0.3 is 20.1 Å². The molecule has 1 aliphatic heterocycles. The zero-order chi connectivity index (χ0) is 20.9. The lowest BCUT2D eigenvalue weighted by molar-refractivity contribution is -0.165. The third-order valence-electron chi connectivity index (χ3n) is 3.66. The maximum absolute atomic E-state index is 12.4. The molecule has 2 atom stereocenters. The van der Waals surface area contributed by atoms with Crippen LogP contribution >= 0.6 is 8.17 Å². The molecule has 11 heteroatoms. The molecule has 0 unspecified atom stereocenters. The molecule has 1 fully saturated rings. The van der Waals surface area contributed by atoms with Crippen molar-refractivity contribution in [3.63, 3.8) is 0 Å². The molecule has 0 aromatic carbocycles. The van der Waals surface area contributed by atoms with E-state index in [0.717, 1.165) is 0 Å². The van der Waals surface area contributed by atoms with Crippen LogP contribution in [-0.4, -0.2) is 55.9 Å². The highest BCUT2D eigenvalue weighted by molar-refractivity contribution is 7.55. The van der Waals surface area contributed by atoms with Gasteiger partial charge in [0.2, 0.25) is 12.7 Å². The quantitative estimate of drug-likeness (QED) is 0.363. The van der Waals surface area contributed by atoms with Gasteiger partial charge in [-0.25, -0.2) is 0 Å². The Labute approximate surface area is 159 Å². The minimum atomic E-state index is -3.85. The molecule has 0 aromatic rings. The fraction of sp³-hybridized carbons (Fsp3) is 0.812. The molecule has 0 saturated carbocycles. The fourth-order valence-electron chi connectivity index (χ4n) is 1.95. The van der Waals surface area contributed by atoms with Gasteiger partial charge in [-0.3, -0.25) is 28.0 Å². The highest BCUT2D eigenvalue weighted by atomic mass is 31.2. The Balaban J connectivity index is 2.63. The Morgan fingerprint density at radius 3 is 2.48 bits per heavy atom. The van der Waals surface area contributed by atoms with Crippen molar-refractivity contribution in [2.24, 2.45) is 10.8 Å². The van der Waals surface area contributed by atoms with Crippen molar-refractivity contribution in [1.82, 2.24) is 5.32 Å². The summed E-state index contributed by atoms with van der Waals surface area (Å²) in [6, 6.07) is 0. The average Bonchev–Trinajstić information content (AvgIpc) is 2.56. The molecule has 1 aliphatic rings. The van der Waals surface area contributed by atoms with E-state index in [1.807, 2.05) is 0 Å². The molecule has 0 spiro atoms. The van der Waals surface area contributed by atoms with Crippen molar-refractivity contribution < 1.29 is 42.3 Å². The van der Waals surface area contributed by atoms with E-state index in [4.69, 9.17) is 18.3 Å². The maximum Gasteiger partial charge on any atom is 0.381 e. The van der Waals surface area contributed by atoms with Crippen molar-refractivity contribution in [2.45, 2.75) is 47.1 Å². The summed E-state index contributed by atoms with van der Waals surface area (Å²) < 4.78 is 25.2. The molecule has 1 heterocycles. The zero-order valence-electron chi connectivity index (χ0n) is 16.6. The monoisotopic (exact) mass is 410 g/mol. The first-order chi connectivity index (χ1) is 12.3. The summed E-state index contributed by atoms with van der Waals surface area (Å²) in [5.41, 5.74) is -1.49. The lowest BCUT2D eigenvalue weighted by Gasteiger charge is -2.43. The van der Waals surface area contributed by atoms with Crippen LogP contribution in [-0.2, 0) is 37.4 Å². The number of rotatable bonds is 7. The first-order valence-electron chi connectivity index (χ1n) is 8.42. The number of esters is 2. The average molecular weight is 410 g/mol. The van der Waals surface area contributed by atoms with Gasteiger partial charge in [0.15, 0.2) is 6.10 Å². The number of methoxy groups -OCH3 is 1. The Bertz CT molecular complexity index is 561. The molecule has 27 heavy (non-hydrogen) atoms. The number of hydrogen-bond donors (Lipinski definition) is 2. The van der Waals surface area contributed by atoms with Gasteiger partial charge in [-0.05, 0) is 20.8 Å². The van der Waals surface area contributed by atoms with Gasteiger partial charge in [0.25, 0.3) is 0 Å². The third kappa shape index (κ3) is 7.31. The summed E-state index contributed by atoms with van der Waals surface area (Å²) in [5, 5.41) is 2.55. The number of carbonyl (C=O) groups excluding carboxylic acids is 3. The van der Waals surface area contributed by atoms with Gasteiger partial charge in [-0.1, -0.05) is 13.8 Å². The Morgan fingerprint density at radius 2 is 1.93 bits per heavy atom. The molecular formula is C16H29NO9P. The summed E-state index contributed by atoms with van der Waals surface area (Å²) in [5.74, 6) is -1.51. The van der Waals surface area contributed by atoms with Gasteiger partial charge in [0, 0.05) is 12.0 Å². The van der Waals surface area contributed by atoms with Gasteiger partial charge in [-0.15, -0.1) is 0 Å². The summed E-state index contributed by atoms with van der Waals surface area (Å²) in [4.78, 5) is 45.6. The van der Waals surface area contributed by atoms with Crippen LogP contribution in [0.15, 0.2) is 0 Å². The van der Waals surface area contributed by atoms with Crippen LogP contribution in [0.25, 0.3) is 0 Å². The molecule has 1 radical (unpaired) electrons. The third-order valence-corrected chi connectivity index (χ3v) is 5.02. The molecule has 1 amide bonds. The molecular weight excluding hydrogens is 381 g/mol. The van der Waals surface area contributed by atoms with E-state index in [1.165, 1.54) is 7.11 Å². The van der Waals surface area contributed by atoms with Crippen molar-refractivity contribution in [3.05, 3.63) is 0 Å². The second-order valence-electron chi connectivity index (χ2n) is 7.76. The summed E-state index contributed by atoms with van der Waals surface area (Å²) in [6.45, 7) is 7.93. The number of amides is 1. The van der Waals surface area contributed by atoms with Crippen LogP contribution in [0, 0.1) is 10.8 Å². The van der Waals surface area contributed by atoms with E-state index in [1.54, 1.807) is 34.6 Å². The van der Waals surface area contributed by atoms with E-state index in [9.17, 15) is 19.3 Å². The lowest BCUT2D eigenvalue weighted by Crippen LogP contribution is -2.50. The number of nitrogens with one attached hydrogen (secondary N) is 1. The van der Waals surface area contributed by atoms with Crippen molar-refractivity contribution in [3.8, 4) is 0 Å². The number of ether oxygens (including phenoxy) is 2. The molecule has 2 N–H and O–H groups in total. The molecule has 157 valence electrons. The zero-order valence-corrected chi connectivity index (χ0v) is 17.5. The minimum absolute atomic E-state index is 0.00452. The Hall–Kier alpha value is -1.32. The summed E-state index contributed by atoms with van der Waals surface area (Å²) >= 11 is 0. The van der Waals surface area contributed by atoms with Crippen molar-refractivity contribution >= 4 is 26.0 Å². The largest absolute Gasteiger partial charge is 0.469 e. The lowest BCUT2D eigenvalue weighted by atomic mass is 9.87. The van der Waals surface area contributed by atoms with E-state index < -0.39 is 49.7 Å². The van der Waals surface area contributed by atoms with Crippen LogP contribution in [0.5, 0.6) is 0 Å². The summed E-state index contributed by atoms with van der Waals surface area (Å²) in [6.07, 6.45) is -1.08. The first kappa shape index (κ1) is 23.7. The number of hydrogen-bond acceptors (Lipinski definition) is 9. The van der Waals surface area contributed by atoms with Crippen molar-refractivity contribution in [1.29, 1.82) is 0 Å². The van der Waals surface area contributed by atoms with E-state index in [-0.39, 0.29) is 19.6 Å². The van der Waals surface area contributed by atoms with Crippen LogP contribution in [0.2, 0.25) is 0 Å². The molecule has 1 saturated heterocycles. The second kappa shape index (κ2) is 9.25. The van der Waals surface area contributed by atoms with E-state index >= 15 is 0 Å². The predicted octanol–water partition coefficient (Wildman–Crippen LogP) is 1.34. The second-order valence-corrected chi connectivity index (χ2v) is 9.43. The van der Waals surface area contributed by atoms with Gasteiger partial charge in [0.1, 0.15) is 0 Å². The Kier molecular flexibility index (Phi) is 8.13. The normalized spacial score (nSPS) is 24.8. The van der Waals surface area contributed by atoms with Crippen LogP contribution in [0.4, 0.5) is 0 Å². The predicted molar refractivity (Wildman–Crippen MR) is 94.9 cm³/mol. The standard InChI is InChI=1S/C16H29NO9P/c1-15(2,3)14(20)23-10-25-27(21)24-9-16(4,5)12(26-27)13(19)17-8-7-11(18)22-6/h12,21H,7-10H2,1-6H3,(H,17,19)/t12-/m0/s1. The Morgan fingerprint density at radius 1 is 1.30 bits per heavy atom. The van der Waals surface area contributed by atoms with Crippen molar-refractivity contribution in [2.75, 3.05) is 27.1 Å². The molecule has 0 aromatic heterocycles. The van der Waals surface area contributed by atoms with E-state index in [2.05, 4.69) is 10.1 Å². The van der Waals surface area contributed by atoms with Gasteiger partial charge < -0.3 is 19.7 Å². The maximum atomic E-state index is 12.4. The van der Waals surface area contributed by atoms with Crippen LogP contribution in [0.3, 0.4) is 0 Å². The van der Waals surface area contributed by atoms with Crippen LogP contribution in [0.1, 0.15) is 41.0 Å². The molecule has 0 bridgehead atoms. The minimum Gasteiger partial charge on any atom is -0.469 e. The smallest absolute Gasteiger partial charge is 0.381 e. The number of carbonyl (C=O) groups is 3. The van der Waals surface area contributed by atoms with E-state index in [0.29, 0.717) is 0 Å². The topological polar surface area (TPSA) is 130 Å². The highest BCUT2D eigenvalue weighted by Crippen LogP contribution is 2.63. The molecule has 10 nitrogen and oxygen atoms in total. The SMILES string of the molecule is COC(=O)CCNC(=O)[C@@H]1O[P@](O)(OCOC(=O)C(C)(C)C)OCC1(C)C. The molecule has 1 rings (SSSR count). The van der Waals surface area contributed by atoms with Gasteiger partial charge in [0.05, 0.1) is 25.6 Å². The summed E-state index contributed by atoms with van der Waals surface area (Å²) in [7, 11) is -2.60. The van der Waals surface area contributed by atoms with Gasteiger partial charge in [-0.2, -0.15) is 0 Å². The fourth-order valence-corrected chi connectivity index (χ4v) is 3.47. The first-order valence-corrected chi connectivity index (χ1v) is 9.91. The van der Waals surface area contributed by atoms with Crippen LogP contribution < -0.4 is 5.32 Å². The highest BCUT2D eigenvalue weighted by Gasteiger charge is 2.50. The molecule has 0 aliphatic carbocycles.